The van der Waals surface area contributed by atoms with Crippen LogP contribution in [-0.4, -0.2) is 72.8 Å². The highest BCUT2D eigenvalue weighted by molar-refractivity contribution is 5.70. The second-order valence-corrected chi connectivity index (χ2v) is 35.4. The fraction of sp³-hybridized carbons (Fsp3) is 0.593. The Hall–Kier alpha value is -6.81. The predicted molar refractivity (Wildman–Crippen MR) is 425 cm³/mol. The van der Waals surface area contributed by atoms with Gasteiger partial charge < -0.3 is 24.5 Å². The number of hydrogen-bond donors (Lipinski definition) is 0. The van der Waals surface area contributed by atoms with Crippen molar-refractivity contribution in [1.29, 1.82) is 0 Å². The van der Waals surface area contributed by atoms with E-state index in [9.17, 15) is 0 Å². The van der Waals surface area contributed by atoms with Crippen LogP contribution in [0.25, 0.3) is 0 Å². The fourth-order valence-corrected chi connectivity index (χ4v) is 23.7. The molecule has 101 heavy (non-hydrogen) atoms. The lowest BCUT2D eigenvalue weighted by Gasteiger charge is -2.58. The first-order valence-corrected chi connectivity index (χ1v) is 39.5. The van der Waals surface area contributed by atoms with Crippen LogP contribution >= 0.6 is 0 Å². The van der Waals surface area contributed by atoms with E-state index in [4.69, 9.17) is 19.9 Å². The molecule has 9 unspecified atom stereocenters. The monoisotopic (exact) mass is 1360 g/mol. The molecule has 0 spiro atoms. The molecule has 7 aromatic rings. The highest BCUT2D eigenvalue weighted by Crippen LogP contribution is 2.63. The van der Waals surface area contributed by atoms with Crippen LogP contribution in [0.1, 0.15) is 272 Å². The van der Waals surface area contributed by atoms with E-state index in [0.717, 1.165) is 63.8 Å². The molecule has 11 fully saturated rings. The average Bonchev–Trinajstić information content (AvgIpc) is 1.50. The standard InChI is InChI=1S/C21H26N2.C20H24N2.2C17H26N2.C16H24N2/c1-13-11-14(2)22-15(3)19(13)23-16(4)20(5)12-21(23,6)18-10-8-7-9-17(18)20;1-12-10-13(2)21-14(3)19(12)22-15(4)17-11-20(22,5)18-9-7-6-8-16(17)18;1-11-10-12(2)18-13(3)16(11)19-14(4)17(5)8-6-15(19)7-9-17;1-11-10-12(2)18-13(3)16(11)19-14(4)15-6-8-17(19,5)9-7-15;1-10-9-11(2)17-12(3)16(10)18-13(4)14-5-7-15(18)8-6-14/h7-11,16H,12H2,1-6H3;6-10,15,17H,11H2,1-5H3;2*10,14-15H,6-9H2,1-5H3;9,13-15H,5-8H2,1-4H3. The third kappa shape index (κ3) is 12.2. The molecule has 3 saturated carbocycles. The molecule has 5 aromatic heterocycles. The number of fused-ring (bicyclic) bond motifs is 19. The van der Waals surface area contributed by atoms with Crippen molar-refractivity contribution in [3.8, 4) is 0 Å². The highest BCUT2D eigenvalue weighted by atomic mass is 15.3. The summed E-state index contributed by atoms with van der Waals surface area (Å²) in [4.78, 5) is 37.0. The molecule has 10 heteroatoms. The number of piperidine rings is 6. The maximum Gasteiger partial charge on any atom is 0.0641 e. The predicted octanol–water partition coefficient (Wildman–Crippen LogP) is 21.5. The minimum absolute atomic E-state index is 0.0667. The maximum atomic E-state index is 4.77. The van der Waals surface area contributed by atoms with E-state index in [2.05, 4.69) is 281 Å². The zero-order valence-electron chi connectivity index (χ0n) is 67.2. The third-order valence-corrected chi connectivity index (χ3v) is 28.4. The second-order valence-electron chi connectivity index (χ2n) is 35.4. The summed E-state index contributed by atoms with van der Waals surface area (Å²) in [5, 5.41) is 0. The first-order valence-electron chi connectivity index (χ1n) is 39.5. The number of aromatic nitrogens is 5. The van der Waals surface area contributed by atoms with Crippen LogP contribution in [-0.2, 0) is 16.5 Å². The Kier molecular flexibility index (Phi) is 19.2. The lowest BCUT2D eigenvalue weighted by atomic mass is 9.64. The highest BCUT2D eigenvalue weighted by Gasteiger charge is 2.62. The molecule has 20 rings (SSSR count). The molecule has 8 saturated heterocycles. The van der Waals surface area contributed by atoms with Gasteiger partial charge in [-0.1, -0.05) is 62.4 Å². The fourth-order valence-electron chi connectivity index (χ4n) is 23.7. The molecule has 2 aromatic carbocycles. The van der Waals surface area contributed by atoms with Gasteiger partial charge in [0.25, 0.3) is 0 Å². The first-order chi connectivity index (χ1) is 47.6. The van der Waals surface area contributed by atoms with E-state index < -0.39 is 0 Å². The summed E-state index contributed by atoms with van der Waals surface area (Å²) in [6.07, 6.45) is 19.0. The van der Waals surface area contributed by atoms with Crippen molar-refractivity contribution in [2.24, 2.45) is 17.3 Å². The van der Waals surface area contributed by atoms with Crippen molar-refractivity contribution >= 4 is 28.4 Å². The van der Waals surface area contributed by atoms with Gasteiger partial charge in [-0.2, -0.15) is 0 Å². The Labute approximate surface area is 610 Å². The van der Waals surface area contributed by atoms with Crippen molar-refractivity contribution < 1.29 is 0 Å². The van der Waals surface area contributed by atoms with E-state index in [-0.39, 0.29) is 16.5 Å². The van der Waals surface area contributed by atoms with Crippen molar-refractivity contribution in [3.05, 3.63) is 186 Å². The van der Waals surface area contributed by atoms with Gasteiger partial charge >= 0.3 is 0 Å². The molecule has 0 N–H and O–H groups in total. The van der Waals surface area contributed by atoms with Gasteiger partial charge in [-0.3, -0.25) is 24.9 Å². The molecule has 10 nitrogen and oxygen atoms in total. The number of rotatable bonds is 5. The quantitative estimate of drug-likeness (QED) is 0.166. The molecule has 0 amide bonds. The number of nitrogens with zero attached hydrogens (tertiary/aromatic N) is 10. The first kappa shape index (κ1) is 72.5. The van der Waals surface area contributed by atoms with E-state index in [1.807, 2.05) is 0 Å². The van der Waals surface area contributed by atoms with Crippen LogP contribution in [0.2, 0.25) is 0 Å². The van der Waals surface area contributed by atoms with Crippen molar-refractivity contribution in [2.45, 2.75) is 333 Å². The van der Waals surface area contributed by atoms with Crippen molar-refractivity contribution in [3.63, 3.8) is 0 Å². The molecule has 8 aliphatic heterocycles. The molecule has 13 aliphatic rings. The Morgan fingerprint density at radius 3 is 1.21 bits per heavy atom. The van der Waals surface area contributed by atoms with Gasteiger partial charge in [0.05, 0.1) is 68.0 Å². The summed E-state index contributed by atoms with van der Waals surface area (Å²) in [6.45, 7) is 56.7. The van der Waals surface area contributed by atoms with Gasteiger partial charge in [-0.25, -0.2) is 0 Å². The summed E-state index contributed by atoms with van der Waals surface area (Å²) in [6, 6.07) is 33.7. The van der Waals surface area contributed by atoms with E-state index in [0.29, 0.717) is 47.1 Å². The van der Waals surface area contributed by atoms with Crippen LogP contribution in [0.5, 0.6) is 0 Å². The topological polar surface area (TPSA) is 80.7 Å². The van der Waals surface area contributed by atoms with Gasteiger partial charge in [0.15, 0.2) is 0 Å². The Morgan fingerprint density at radius 1 is 0.356 bits per heavy atom. The molecular weight excluding hydrogens is 1230 g/mol. The van der Waals surface area contributed by atoms with Gasteiger partial charge in [0, 0.05) is 87.6 Å². The number of hydrogen-bond acceptors (Lipinski definition) is 10. The van der Waals surface area contributed by atoms with E-state index in [1.165, 1.54) is 174 Å². The van der Waals surface area contributed by atoms with Crippen LogP contribution < -0.4 is 24.5 Å². The SMILES string of the molecule is Cc1cc(C)c(N2C(C)C3(C)CC2(C)c2ccccc23)c(C)n1.Cc1cc(C)c(N2C(C)C3CC2(C)c2ccccc23)c(C)n1.Cc1cc(C)c(N2C(C)C3CCC2(C)CC3)c(C)n1.Cc1cc(C)c(N2C3CCC(C)(CC3)C2C)c(C)n1.Cc1cc(C)c(N2C3CCC(CC3)C2C)c(C)n1. The summed E-state index contributed by atoms with van der Waals surface area (Å²) in [5.41, 5.74) is 32.7. The molecule has 10 bridgehead atoms. The number of anilines is 5. The van der Waals surface area contributed by atoms with Gasteiger partial charge in [-0.15, -0.1) is 0 Å². The minimum Gasteiger partial charge on any atom is -0.364 e. The third-order valence-electron chi connectivity index (χ3n) is 28.4. The maximum absolute atomic E-state index is 4.77. The second kappa shape index (κ2) is 26.7. The molecule has 9 atom stereocenters. The van der Waals surface area contributed by atoms with E-state index in [1.54, 1.807) is 11.1 Å². The lowest BCUT2D eigenvalue weighted by Crippen LogP contribution is -2.61. The average molecular weight is 1360 g/mol. The van der Waals surface area contributed by atoms with Gasteiger partial charge in [0.1, 0.15) is 0 Å². The number of pyridine rings is 5. The van der Waals surface area contributed by atoms with Crippen LogP contribution in [0, 0.1) is 121 Å². The van der Waals surface area contributed by atoms with Gasteiger partial charge in [0.2, 0.25) is 0 Å². The van der Waals surface area contributed by atoms with Crippen molar-refractivity contribution in [2.75, 3.05) is 24.5 Å². The molecular formula is C91H126N10. The molecule has 0 radical (unpaired) electrons. The smallest absolute Gasteiger partial charge is 0.0641 e. The zero-order chi connectivity index (χ0) is 72.6. The van der Waals surface area contributed by atoms with Crippen LogP contribution in [0.15, 0.2) is 78.9 Å². The largest absolute Gasteiger partial charge is 0.364 e. The lowest BCUT2D eigenvalue weighted by molar-refractivity contribution is 0.0964. The molecule has 13 heterocycles. The Balaban J connectivity index is 0.000000113. The van der Waals surface area contributed by atoms with Crippen molar-refractivity contribution in [1.82, 2.24) is 24.9 Å². The van der Waals surface area contributed by atoms with E-state index >= 15 is 0 Å². The summed E-state index contributed by atoms with van der Waals surface area (Å²) >= 11 is 0. The Bertz CT molecular complexity index is 4160. The summed E-state index contributed by atoms with van der Waals surface area (Å²) in [7, 11) is 0. The number of aryl methyl sites for hydroxylation is 15. The Morgan fingerprint density at radius 2 is 0.752 bits per heavy atom. The summed E-state index contributed by atoms with van der Waals surface area (Å²) in [5.74, 6) is 2.42. The number of benzene rings is 2. The van der Waals surface area contributed by atoms with Crippen LogP contribution in [0.3, 0.4) is 0 Å². The zero-order valence-corrected chi connectivity index (χ0v) is 67.2. The molecule has 540 valence electrons. The minimum atomic E-state index is 0.0667. The molecule has 5 aliphatic carbocycles. The summed E-state index contributed by atoms with van der Waals surface area (Å²) < 4.78 is 0. The van der Waals surface area contributed by atoms with Gasteiger partial charge in [-0.05, 0) is 347 Å². The van der Waals surface area contributed by atoms with Crippen LogP contribution in [0.4, 0.5) is 28.4 Å². The normalized spacial score (nSPS) is 31.8.